The average Bonchev–Trinajstić information content (AvgIpc) is 2.75. The van der Waals surface area contributed by atoms with E-state index >= 15 is 0 Å². The van der Waals surface area contributed by atoms with Crippen LogP contribution in [0, 0.1) is 5.82 Å². The molecular weight excluding hydrogens is 241 g/mol. The molecule has 90 valence electrons. The van der Waals surface area contributed by atoms with Gasteiger partial charge in [0.1, 0.15) is 5.82 Å². The number of rotatable bonds is 4. The maximum Gasteiger partial charge on any atom is 0.243 e. The van der Waals surface area contributed by atoms with Crippen molar-refractivity contribution >= 4 is 11.8 Å². The van der Waals surface area contributed by atoms with E-state index in [-0.39, 0.29) is 11.9 Å². The second kappa shape index (κ2) is 5.29. The summed E-state index contributed by atoms with van der Waals surface area (Å²) in [6, 6.07) is 6.11. The minimum absolute atomic E-state index is 0.251. The molecule has 0 aliphatic heterocycles. The van der Waals surface area contributed by atoms with Gasteiger partial charge in [0.15, 0.2) is 5.82 Å². The summed E-state index contributed by atoms with van der Waals surface area (Å²) < 4.78 is 17.9. The molecule has 0 aliphatic carbocycles. The van der Waals surface area contributed by atoms with E-state index < -0.39 is 0 Å². The molecule has 2 aromatic rings. The minimum atomic E-state index is -0.268. The molecule has 0 amide bonds. The number of benzene rings is 1. The van der Waals surface area contributed by atoms with Gasteiger partial charge in [-0.3, -0.25) is 0 Å². The summed E-state index contributed by atoms with van der Waals surface area (Å²) in [4.78, 5) is 4.96. The fourth-order valence-electron chi connectivity index (χ4n) is 1.22. The van der Waals surface area contributed by atoms with Crippen LogP contribution in [0.3, 0.4) is 0 Å². The fourth-order valence-corrected chi connectivity index (χ4v) is 2.00. The Balaban J connectivity index is 1.97. The molecule has 1 aromatic heterocycles. The first-order chi connectivity index (χ1) is 8.15. The van der Waals surface area contributed by atoms with Gasteiger partial charge in [-0.2, -0.15) is 4.98 Å². The van der Waals surface area contributed by atoms with Gasteiger partial charge in [-0.1, -0.05) is 11.2 Å². The Hall–Kier alpha value is -1.40. The lowest BCUT2D eigenvalue weighted by atomic mass is 10.4. The highest BCUT2D eigenvalue weighted by atomic mass is 32.2. The van der Waals surface area contributed by atoms with Gasteiger partial charge in [0, 0.05) is 4.90 Å². The van der Waals surface area contributed by atoms with Crippen molar-refractivity contribution in [3.63, 3.8) is 0 Å². The van der Waals surface area contributed by atoms with Crippen LogP contribution in [0.5, 0.6) is 0 Å². The van der Waals surface area contributed by atoms with Crippen LogP contribution < -0.4 is 5.73 Å². The van der Waals surface area contributed by atoms with Gasteiger partial charge in [0.25, 0.3) is 0 Å². The predicted octanol–water partition coefficient (Wildman–Crippen LogP) is 2.52. The van der Waals surface area contributed by atoms with Crippen molar-refractivity contribution in [3.8, 4) is 0 Å². The third-order valence-corrected chi connectivity index (χ3v) is 3.03. The molecule has 2 rings (SSSR count). The Labute approximate surface area is 102 Å². The molecule has 0 radical (unpaired) electrons. The smallest absolute Gasteiger partial charge is 0.243 e. The van der Waals surface area contributed by atoms with Crippen LogP contribution in [-0.4, -0.2) is 10.1 Å². The SMILES string of the molecule is C[C@H](N)c1nc(CSc2cccc(F)c2)no1. The molecule has 1 aromatic carbocycles. The minimum Gasteiger partial charge on any atom is -0.338 e. The molecule has 0 unspecified atom stereocenters. The van der Waals surface area contributed by atoms with Crippen LogP contribution in [-0.2, 0) is 5.75 Å². The standard InChI is InChI=1S/C11H12FN3OS/c1-7(13)11-14-10(15-16-11)6-17-9-4-2-3-8(12)5-9/h2-5,7H,6,13H2,1H3/t7-/m0/s1. The number of hydrogen-bond donors (Lipinski definition) is 1. The zero-order valence-electron chi connectivity index (χ0n) is 9.26. The van der Waals surface area contributed by atoms with Crippen molar-refractivity contribution < 1.29 is 8.91 Å². The summed E-state index contributed by atoms with van der Waals surface area (Å²) in [5.41, 5.74) is 5.60. The molecular formula is C11H12FN3OS. The molecule has 17 heavy (non-hydrogen) atoms. The van der Waals surface area contributed by atoms with Gasteiger partial charge in [0.2, 0.25) is 5.89 Å². The van der Waals surface area contributed by atoms with Crippen molar-refractivity contribution in [3.05, 3.63) is 41.8 Å². The van der Waals surface area contributed by atoms with E-state index in [9.17, 15) is 4.39 Å². The Morgan fingerprint density at radius 1 is 1.53 bits per heavy atom. The second-order valence-electron chi connectivity index (χ2n) is 3.58. The lowest BCUT2D eigenvalue weighted by molar-refractivity contribution is 0.358. The molecule has 0 bridgehead atoms. The first-order valence-corrected chi connectivity index (χ1v) is 6.10. The van der Waals surface area contributed by atoms with E-state index in [0.717, 1.165) is 4.90 Å². The number of nitrogens with two attached hydrogens (primary N) is 1. The predicted molar refractivity (Wildman–Crippen MR) is 62.9 cm³/mol. The summed E-state index contributed by atoms with van der Waals surface area (Å²) in [7, 11) is 0. The molecule has 1 heterocycles. The van der Waals surface area contributed by atoms with E-state index in [0.29, 0.717) is 17.5 Å². The van der Waals surface area contributed by atoms with Gasteiger partial charge < -0.3 is 10.3 Å². The summed E-state index contributed by atoms with van der Waals surface area (Å²) in [6.07, 6.45) is 0. The van der Waals surface area contributed by atoms with Gasteiger partial charge in [-0.25, -0.2) is 4.39 Å². The van der Waals surface area contributed by atoms with Crippen LogP contribution in [0.15, 0.2) is 33.7 Å². The Morgan fingerprint density at radius 3 is 3.00 bits per heavy atom. The van der Waals surface area contributed by atoms with Crippen LogP contribution in [0.25, 0.3) is 0 Å². The van der Waals surface area contributed by atoms with Crippen molar-refractivity contribution in [1.29, 1.82) is 0 Å². The molecule has 2 N–H and O–H groups in total. The third kappa shape index (κ3) is 3.28. The first-order valence-electron chi connectivity index (χ1n) is 5.11. The van der Waals surface area contributed by atoms with E-state index in [2.05, 4.69) is 10.1 Å². The monoisotopic (exact) mass is 253 g/mol. The van der Waals surface area contributed by atoms with Crippen molar-refractivity contribution in [2.45, 2.75) is 23.6 Å². The zero-order valence-corrected chi connectivity index (χ0v) is 10.1. The maximum absolute atomic E-state index is 12.9. The molecule has 4 nitrogen and oxygen atoms in total. The fraction of sp³-hybridized carbons (Fsp3) is 0.273. The highest BCUT2D eigenvalue weighted by Crippen LogP contribution is 2.22. The molecule has 0 saturated heterocycles. The Morgan fingerprint density at radius 2 is 2.35 bits per heavy atom. The highest BCUT2D eigenvalue weighted by Gasteiger charge is 2.10. The Bertz CT molecular complexity index is 501. The number of thioether (sulfide) groups is 1. The van der Waals surface area contributed by atoms with Crippen molar-refractivity contribution in [1.82, 2.24) is 10.1 Å². The highest BCUT2D eigenvalue weighted by molar-refractivity contribution is 7.98. The zero-order chi connectivity index (χ0) is 12.3. The molecule has 0 fully saturated rings. The maximum atomic E-state index is 12.9. The average molecular weight is 253 g/mol. The summed E-state index contributed by atoms with van der Waals surface area (Å²) >= 11 is 1.45. The summed E-state index contributed by atoms with van der Waals surface area (Å²) in [5.74, 6) is 1.26. The van der Waals surface area contributed by atoms with Crippen molar-refractivity contribution in [2.24, 2.45) is 5.73 Å². The van der Waals surface area contributed by atoms with Crippen LogP contribution in [0.4, 0.5) is 4.39 Å². The lowest BCUT2D eigenvalue weighted by Crippen LogP contribution is -2.05. The van der Waals surface area contributed by atoms with Gasteiger partial charge >= 0.3 is 0 Å². The summed E-state index contributed by atoms with van der Waals surface area (Å²) in [5, 5.41) is 3.79. The van der Waals surface area contributed by atoms with Gasteiger partial charge in [0.05, 0.1) is 11.8 Å². The molecule has 6 heteroatoms. The lowest BCUT2D eigenvalue weighted by Gasteiger charge is -1.97. The number of aromatic nitrogens is 2. The molecule has 0 spiro atoms. The third-order valence-electron chi connectivity index (χ3n) is 2.04. The normalized spacial score (nSPS) is 12.6. The first kappa shape index (κ1) is 12.1. The Kier molecular flexibility index (Phi) is 3.75. The van der Waals surface area contributed by atoms with E-state index in [4.69, 9.17) is 10.3 Å². The second-order valence-corrected chi connectivity index (χ2v) is 4.63. The number of hydrogen-bond acceptors (Lipinski definition) is 5. The number of halogens is 1. The quantitative estimate of drug-likeness (QED) is 0.848. The van der Waals surface area contributed by atoms with Gasteiger partial charge in [-0.15, -0.1) is 11.8 Å². The van der Waals surface area contributed by atoms with Crippen molar-refractivity contribution in [2.75, 3.05) is 0 Å². The van der Waals surface area contributed by atoms with E-state index in [1.165, 1.54) is 23.9 Å². The van der Waals surface area contributed by atoms with Crippen LogP contribution >= 0.6 is 11.8 Å². The molecule has 1 atom stereocenters. The van der Waals surface area contributed by atoms with Crippen LogP contribution in [0.1, 0.15) is 24.7 Å². The van der Waals surface area contributed by atoms with E-state index in [1.807, 2.05) is 6.07 Å². The van der Waals surface area contributed by atoms with Gasteiger partial charge in [-0.05, 0) is 25.1 Å². The molecule has 0 saturated carbocycles. The van der Waals surface area contributed by atoms with Crippen LogP contribution in [0.2, 0.25) is 0 Å². The largest absolute Gasteiger partial charge is 0.338 e. The molecule has 0 aliphatic rings. The summed E-state index contributed by atoms with van der Waals surface area (Å²) in [6.45, 7) is 1.77. The topological polar surface area (TPSA) is 64.9 Å². The van der Waals surface area contributed by atoms with E-state index in [1.54, 1.807) is 13.0 Å². The number of nitrogens with zero attached hydrogens (tertiary/aromatic N) is 2.